The van der Waals surface area contributed by atoms with Crippen LogP contribution in [0, 0.1) is 16.0 Å². The third kappa shape index (κ3) is 8.32. The molecule has 0 bridgehead atoms. The van der Waals surface area contributed by atoms with E-state index in [4.69, 9.17) is 5.11 Å². The molecule has 0 aromatic rings. The topological polar surface area (TPSA) is 75.4 Å². The van der Waals surface area contributed by atoms with Crippen molar-refractivity contribution in [1.29, 1.82) is 0 Å². The molecule has 0 rings (SSSR count). The van der Waals surface area contributed by atoms with E-state index in [0.29, 0.717) is 6.42 Å². The molecular formula is C10H22N2O3. The van der Waals surface area contributed by atoms with Crippen LogP contribution in [-0.2, 0) is 0 Å². The summed E-state index contributed by atoms with van der Waals surface area (Å²) < 4.78 is 0. The first-order valence-corrected chi connectivity index (χ1v) is 5.56. The van der Waals surface area contributed by atoms with Crippen LogP contribution in [0.2, 0.25) is 0 Å². The van der Waals surface area contributed by atoms with Crippen LogP contribution in [0.3, 0.4) is 0 Å². The van der Waals surface area contributed by atoms with Crippen LogP contribution in [-0.4, -0.2) is 35.8 Å². The third-order valence-corrected chi connectivity index (χ3v) is 2.33. The summed E-state index contributed by atoms with van der Waals surface area (Å²) in [4.78, 5) is 10.1. The van der Waals surface area contributed by atoms with Gasteiger partial charge in [0.2, 0.25) is 6.54 Å². The average molecular weight is 218 g/mol. The van der Waals surface area contributed by atoms with E-state index >= 15 is 0 Å². The predicted octanol–water partition coefficient (Wildman–Crippen LogP) is 1.04. The fraction of sp³-hybridized carbons (Fsp3) is 1.00. The first kappa shape index (κ1) is 14.3. The van der Waals surface area contributed by atoms with Crippen LogP contribution in [0.5, 0.6) is 0 Å². The molecule has 2 N–H and O–H groups in total. The van der Waals surface area contributed by atoms with Gasteiger partial charge in [-0.2, -0.15) is 0 Å². The molecule has 0 fully saturated rings. The molecule has 0 amide bonds. The summed E-state index contributed by atoms with van der Waals surface area (Å²) in [7, 11) is 0. The third-order valence-electron chi connectivity index (χ3n) is 2.33. The molecule has 5 nitrogen and oxygen atoms in total. The largest absolute Gasteiger partial charge is 0.396 e. The molecule has 0 heterocycles. The van der Waals surface area contributed by atoms with E-state index in [1.165, 1.54) is 0 Å². The van der Waals surface area contributed by atoms with Crippen molar-refractivity contribution in [3.8, 4) is 0 Å². The molecule has 5 heteroatoms. The highest BCUT2D eigenvalue weighted by molar-refractivity contribution is 4.68. The zero-order chi connectivity index (χ0) is 11.7. The molecular weight excluding hydrogens is 196 g/mol. The van der Waals surface area contributed by atoms with E-state index < -0.39 is 0 Å². The maximum Gasteiger partial charge on any atom is 0.219 e. The zero-order valence-electron chi connectivity index (χ0n) is 9.61. The average Bonchev–Trinajstić information content (AvgIpc) is 2.17. The van der Waals surface area contributed by atoms with Crippen LogP contribution in [0.4, 0.5) is 0 Å². The van der Waals surface area contributed by atoms with Gasteiger partial charge >= 0.3 is 0 Å². The predicted molar refractivity (Wildman–Crippen MR) is 59.4 cm³/mol. The van der Waals surface area contributed by atoms with Crippen molar-refractivity contribution in [3.05, 3.63) is 10.1 Å². The van der Waals surface area contributed by atoms with E-state index in [0.717, 1.165) is 19.4 Å². The van der Waals surface area contributed by atoms with Crippen molar-refractivity contribution in [2.45, 2.75) is 39.2 Å². The molecule has 0 aliphatic carbocycles. The Bertz CT molecular complexity index is 176. The fourth-order valence-corrected chi connectivity index (χ4v) is 1.45. The highest BCUT2D eigenvalue weighted by Gasteiger charge is 2.17. The number of hydrogen-bond acceptors (Lipinski definition) is 4. The maximum absolute atomic E-state index is 10.4. The highest BCUT2D eigenvalue weighted by atomic mass is 16.6. The summed E-state index contributed by atoms with van der Waals surface area (Å²) in [6.45, 7) is 4.82. The van der Waals surface area contributed by atoms with Gasteiger partial charge in [-0.3, -0.25) is 10.1 Å². The molecule has 0 aromatic heterocycles. The van der Waals surface area contributed by atoms with Gasteiger partial charge in [0.25, 0.3) is 0 Å². The minimum Gasteiger partial charge on any atom is -0.396 e. The fourth-order valence-electron chi connectivity index (χ4n) is 1.45. The molecule has 0 saturated carbocycles. The minimum absolute atomic E-state index is 0.0615. The van der Waals surface area contributed by atoms with Gasteiger partial charge in [0.15, 0.2) is 0 Å². The lowest BCUT2D eigenvalue weighted by Crippen LogP contribution is -2.37. The van der Waals surface area contributed by atoms with Gasteiger partial charge in [0.1, 0.15) is 0 Å². The van der Waals surface area contributed by atoms with Gasteiger partial charge in [-0.05, 0) is 25.3 Å². The Labute approximate surface area is 91.0 Å². The van der Waals surface area contributed by atoms with Gasteiger partial charge in [0, 0.05) is 11.5 Å². The molecule has 15 heavy (non-hydrogen) atoms. The van der Waals surface area contributed by atoms with Crippen LogP contribution < -0.4 is 5.32 Å². The van der Waals surface area contributed by atoms with Gasteiger partial charge < -0.3 is 10.4 Å². The number of hydrogen-bond donors (Lipinski definition) is 2. The summed E-state index contributed by atoms with van der Waals surface area (Å²) in [6, 6.07) is -0.117. The smallest absolute Gasteiger partial charge is 0.219 e. The lowest BCUT2D eigenvalue weighted by molar-refractivity contribution is -0.484. The SMILES string of the molecule is CCCCNC(CC(C)CO)C[N+](=O)[O-]. The quantitative estimate of drug-likeness (QED) is 0.344. The minimum atomic E-state index is -0.298. The Kier molecular flexibility index (Phi) is 8.22. The van der Waals surface area contributed by atoms with E-state index in [1.807, 2.05) is 6.92 Å². The normalized spacial score (nSPS) is 14.9. The van der Waals surface area contributed by atoms with Gasteiger partial charge in [-0.25, -0.2) is 0 Å². The molecule has 0 saturated heterocycles. The van der Waals surface area contributed by atoms with Crippen LogP contribution in [0.1, 0.15) is 33.1 Å². The number of aliphatic hydroxyl groups is 1. The second kappa shape index (κ2) is 8.61. The molecule has 0 aromatic carbocycles. The first-order chi connectivity index (χ1) is 7.10. The monoisotopic (exact) mass is 218 g/mol. The summed E-state index contributed by atoms with van der Waals surface area (Å²) >= 11 is 0. The Morgan fingerprint density at radius 1 is 1.53 bits per heavy atom. The van der Waals surface area contributed by atoms with Crippen molar-refractivity contribution >= 4 is 0 Å². The van der Waals surface area contributed by atoms with Crippen LogP contribution in [0.25, 0.3) is 0 Å². The summed E-state index contributed by atoms with van der Waals surface area (Å²) in [5.74, 6) is 0.115. The Hall–Kier alpha value is -0.680. The molecule has 90 valence electrons. The number of rotatable bonds is 9. The zero-order valence-corrected chi connectivity index (χ0v) is 9.61. The van der Waals surface area contributed by atoms with E-state index in [1.54, 1.807) is 0 Å². The Morgan fingerprint density at radius 3 is 2.67 bits per heavy atom. The first-order valence-electron chi connectivity index (χ1n) is 5.56. The van der Waals surface area contributed by atoms with E-state index in [9.17, 15) is 10.1 Å². The van der Waals surface area contributed by atoms with Crippen LogP contribution in [0.15, 0.2) is 0 Å². The maximum atomic E-state index is 10.4. The van der Waals surface area contributed by atoms with Crippen LogP contribution >= 0.6 is 0 Å². The number of nitrogens with one attached hydrogen (secondary N) is 1. The molecule has 0 radical (unpaired) electrons. The standard InChI is InChI=1S/C10H22N2O3/c1-3-4-5-11-10(7-12(14)15)6-9(2)8-13/h9-11,13H,3-8H2,1-2H3. The number of aliphatic hydroxyl groups excluding tert-OH is 1. The summed E-state index contributed by atoms with van der Waals surface area (Å²) in [5, 5.41) is 22.5. The van der Waals surface area contributed by atoms with Crippen molar-refractivity contribution in [3.63, 3.8) is 0 Å². The lowest BCUT2D eigenvalue weighted by atomic mass is 10.0. The summed E-state index contributed by atoms with van der Waals surface area (Å²) in [6.07, 6.45) is 2.76. The number of unbranched alkanes of at least 4 members (excludes halogenated alkanes) is 1. The number of nitro groups is 1. The highest BCUT2D eigenvalue weighted by Crippen LogP contribution is 2.05. The van der Waals surface area contributed by atoms with E-state index in [-0.39, 0.29) is 30.0 Å². The molecule has 2 atom stereocenters. The lowest BCUT2D eigenvalue weighted by Gasteiger charge is -2.17. The second-order valence-corrected chi connectivity index (χ2v) is 4.04. The van der Waals surface area contributed by atoms with Gasteiger partial charge in [0.05, 0.1) is 6.04 Å². The number of nitrogens with zero attached hydrogens (tertiary/aromatic N) is 1. The van der Waals surface area contributed by atoms with Crippen molar-refractivity contribution in [2.75, 3.05) is 19.7 Å². The molecule has 0 spiro atoms. The second-order valence-electron chi connectivity index (χ2n) is 4.04. The summed E-state index contributed by atoms with van der Waals surface area (Å²) in [5.41, 5.74) is 0. The van der Waals surface area contributed by atoms with E-state index in [2.05, 4.69) is 12.2 Å². The molecule has 0 aliphatic rings. The van der Waals surface area contributed by atoms with Crippen molar-refractivity contribution in [2.24, 2.45) is 5.92 Å². The van der Waals surface area contributed by atoms with Gasteiger partial charge in [-0.1, -0.05) is 20.3 Å². The van der Waals surface area contributed by atoms with Gasteiger partial charge in [-0.15, -0.1) is 0 Å². The Morgan fingerprint density at radius 2 is 2.20 bits per heavy atom. The van der Waals surface area contributed by atoms with Crippen molar-refractivity contribution in [1.82, 2.24) is 5.32 Å². The molecule has 0 aliphatic heterocycles. The Balaban J connectivity index is 3.88. The molecule has 2 unspecified atom stereocenters. The van der Waals surface area contributed by atoms with Crippen molar-refractivity contribution < 1.29 is 10.0 Å².